The van der Waals surface area contributed by atoms with Crippen LogP contribution in [0.4, 0.5) is 0 Å². The number of carbonyl (C=O) groups is 2. The second-order valence-electron chi connectivity index (χ2n) is 8.04. The Balaban J connectivity index is 2.08. The minimum Gasteiger partial charge on any atom is -0.507 e. The molecule has 1 atom stereocenters. The van der Waals surface area contributed by atoms with E-state index in [1.807, 2.05) is 45.0 Å². The predicted molar refractivity (Wildman–Crippen MR) is 125 cm³/mol. The van der Waals surface area contributed by atoms with Gasteiger partial charge in [0.15, 0.2) is 0 Å². The number of Topliss-reactive ketones (excluding diaryl/α,β-unsaturated/α-hetero) is 1. The zero-order valence-electron chi connectivity index (χ0n) is 19.5. The van der Waals surface area contributed by atoms with E-state index < -0.39 is 17.7 Å². The number of benzene rings is 2. The maximum Gasteiger partial charge on any atom is 0.295 e. The average molecular weight is 454 g/mol. The van der Waals surface area contributed by atoms with Crippen LogP contribution in [0.2, 0.25) is 0 Å². The van der Waals surface area contributed by atoms with Crippen molar-refractivity contribution in [2.75, 3.05) is 26.9 Å². The molecule has 7 heteroatoms. The summed E-state index contributed by atoms with van der Waals surface area (Å²) in [5.74, 6) is -0.279. The third kappa shape index (κ3) is 5.54. The molecule has 1 saturated heterocycles. The molecule has 3 rings (SSSR count). The lowest BCUT2D eigenvalue weighted by Crippen LogP contribution is -2.31. The molecule has 1 aliphatic heterocycles. The summed E-state index contributed by atoms with van der Waals surface area (Å²) >= 11 is 0. The summed E-state index contributed by atoms with van der Waals surface area (Å²) in [6.07, 6.45) is 0.530. The van der Waals surface area contributed by atoms with Crippen molar-refractivity contribution in [2.24, 2.45) is 0 Å². The largest absolute Gasteiger partial charge is 0.507 e. The van der Waals surface area contributed by atoms with Gasteiger partial charge in [0.2, 0.25) is 0 Å². The quantitative estimate of drug-likeness (QED) is 0.249. The molecule has 1 unspecified atom stereocenters. The summed E-state index contributed by atoms with van der Waals surface area (Å²) in [6.45, 7) is 7.02. The van der Waals surface area contributed by atoms with E-state index in [1.54, 1.807) is 31.4 Å². The minimum atomic E-state index is -0.732. The van der Waals surface area contributed by atoms with Crippen LogP contribution >= 0.6 is 0 Å². The molecular formula is C26H31NO6. The highest BCUT2D eigenvalue weighted by atomic mass is 16.5. The summed E-state index contributed by atoms with van der Waals surface area (Å²) in [5.41, 5.74) is 1.19. The van der Waals surface area contributed by atoms with Gasteiger partial charge in [-0.1, -0.05) is 12.1 Å². The van der Waals surface area contributed by atoms with Crippen LogP contribution in [-0.4, -0.2) is 54.7 Å². The van der Waals surface area contributed by atoms with Crippen molar-refractivity contribution >= 4 is 17.4 Å². The fourth-order valence-electron chi connectivity index (χ4n) is 3.90. The van der Waals surface area contributed by atoms with Crippen LogP contribution in [0.1, 0.15) is 44.4 Å². The maximum absolute atomic E-state index is 13.1. The van der Waals surface area contributed by atoms with E-state index >= 15 is 0 Å². The molecule has 0 radical (unpaired) electrons. The van der Waals surface area contributed by atoms with Gasteiger partial charge in [0.05, 0.1) is 24.3 Å². The molecule has 176 valence electrons. The van der Waals surface area contributed by atoms with Crippen LogP contribution in [0.3, 0.4) is 0 Å². The van der Waals surface area contributed by atoms with Crippen molar-refractivity contribution in [3.05, 3.63) is 65.2 Å². The van der Waals surface area contributed by atoms with Crippen LogP contribution in [0, 0.1) is 0 Å². The zero-order chi connectivity index (χ0) is 24.0. The lowest BCUT2D eigenvalue weighted by atomic mass is 9.95. The first-order valence-electron chi connectivity index (χ1n) is 11.1. The Morgan fingerprint density at radius 2 is 1.82 bits per heavy atom. The molecule has 2 aromatic rings. The number of rotatable bonds is 10. The minimum absolute atomic E-state index is 0.0304. The predicted octanol–water partition coefficient (Wildman–Crippen LogP) is 4.33. The normalized spacial score (nSPS) is 17.6. The van der Waals surface area contributed by atoms with Crippen molar-refractivity contribution in [1.82, 2.24) is 4.90 Å². The Morgan fingerprint density at radius 1 is 1.09 bits per heavy atom. The standard InChI is InChI=1S/C26H31NO6/c1-5-32-20-12-10-18(11-13-20)24(28)22-23(19-8-6-9-21(16-19)33-17(2)3)27(14-7-15-31-4)26(30)25(22)29/h6,8-13,16-17,23,28H,5,7,14-15H2,1-4H3/b24-22-. The molecule has 1 amide bonds. The van der Waals surface area contributed by atoms with Gasteiger partial charge in [-0.25, -0.2) is 0 Å². The molecule has 0 bridgehead atoms. The van der Waals surface area contributed by atoms with Crippen LogP contribution in [0.5, 0.6) is 11.5 Å². The second kappa shape index (κ2) is 11.0. The van der Waals surface area contributed by atoms with Gasteiger partial charge in [-0.2, -0.15) is 0 Å². The first-order valence-corrected chi connectivity index (χ1v) is 11.1. The monoisotopic (exact) mass is 453 g/mol. The van der Waals surface area contributed by atoms with E-state index in [4.69, 9.17) is 14.2 Å². The van der Waals surface area contributed by atoms with Gasteiger partial charge in [0.25, 0.3) is 11.7 Å². The fourth-order valence-corrected chi connectivity index (χ4v) is 3.90. The maximum atomic E-state index is 13.1. The van der Waals surface area contributed by atoms with E-state index in [0.29, 0.717) is 48.8 Å². The average Bonchev–Trinajstić information content (AvgIpc) is 3.04. The van der Waals surface area contributed by atoms with Crippen molar-refractivity contribution in [1.29, 1.82) is 0 Å². The number of ketones is 1. The first kappa shape index (κ1) is 24.3. The number of likely N-dealkylation sites (tertiary alicyclic amines) is 1. The van der Waals surface area contributed by atoms with Crippen LogP contribution in [0.15, 0.2) is 54.1 Å². The molecule has 33 heavy (non-hydrogen) atoms. The lowest BCUT2D eigenvalue weighted by Gasteiger charge is -2.25. The Hall–Kier alpha value is -3.32. The lowest BCUT2D eigenvalue weighted by molar-refractivity contribution is -0.140. The molecule has 0 aromatic heterocycles. The van der Waals surface area contributed by atoms with Crippen molar-refractivity contribution in [3.8, 4) is 11.5 Å². The van der Waals surface area contributed by atoms with Gasteiger partial charge >= 0.3 is 0 Å². The highest BCUT2D eigenvalue weighted by Crippen LogP contribution is 2.40. The van der Waals surface area contributed by atoms with Crippen molar-refractivity contribution in [2.45, 2.75) is 39.3 Å². The number of hydrogen-bond acceptors (Lipinski definition) is 6. The van der Waals surface area contributed by atoms with Gasteiger partial charge in [-0.05, 0) is 69.2 Å². The third-order valence-electron chi connectivity index (χ3n) is 5.27. The zero-order valence-corrected chi connectivity index (χ0v) is 19.5. The Bertz CT molecular complexity index is 1010. The van der Waals surface area contributed by atoms with Crippen molar-refractivity contribution in [3.63, 3.8) is 0 Å². The van der Waals surface area contributed by atoms with Gasteiger partial charge < -0.3 is 24.2 Å². The highest BCUT2D eigenvalue weighted by Gasteiger charge is 2.45. The molecule has 0 aliphatic carbocycles. The number of ether oxygens (including phenoxy) is 3. The van der Waals surface area contributed by atoms with Crippen LogP contribution in [-0.2, 0) is 14.3 Å². The van der Waals surface area contributed by atoms with Gasteiger partial charge in [-0.15, -0.1) is 0 Å². The number of carbonyl (C=O) groups excluding carboxylic acids is 2. The molecule has 1 heterocycles. The molecule has 1 N–H and O–H groups in total. The summed E-state index contributed by atoms with van der Waals surface area (Å²) in [5, 5.41) is 11.1. The molecular weight excluding hydrogens is 422 g/mol. The number of nitrogens with zero attached hydrogens (tertiary/aromatic N) is 1. The molecule has 0 saturated carbocycles. The van der Waals surface area contributed by atoms with Crippen LogP contribution in [0.25, 0.3) is 5.76 Å². The number of methoxy groups -OCH3 is 1. The second-order valence-corrected chi connectivity index (χ2v) is 8.04. The van der Waals surface area contributed by atoms with E-state index in [0.717, 1.165) is 0 Å². The van der Waals surface area contributed by atoms with E-state index in [2.05, 4.69) is 0 Å². The van der Waals surface area contributed by atoms with Gasteiger partial charge in [0.1, 0.15) is 17.3 Å². The smallest absolute Gasteiger partial charge is 0.295 e. The topological polar surface area (TPSA) is 85.3 Å². The number of hydrogen-bond donors (Lipinski definition) is 1. The van der Waals surface area contributed by atoms with E-state index in [9.17, 15) is 14.7 Å². The third-order valence-corrected chi connectivity index (χ3v) is 5.27. The molecule has 1 fully saturated rings. The molecule has 1 aliphatic rings. The van der Waals surface area contributed by atoms with E-state index in [1.165, 1.54) is 4.90 Å². The summed E-state index contributed by atoms with van der Waals surface area (Å²) < 4.78 is 16.4. The Morgan fingerprint density at radius 3 is 2.45 bits per heavy atom. The molecule has 7 nitrogen and oxygen atoms in total. The SMILES string of the molecule is CCOc1ccc(/C(O)=C2/C(=O)C(=O)N(CCCOC)C2c2cccc(OC(C)C)c2)cc1. The number of aliphatic hydroxyl groups excluding tert-OH is 1. The Labute approximate surface area is 194 Å². The summed E-state index contributed by atoms with van der Waals surface area (Å²) in [4.78, 5) is 27.5. The Kier molecular flexibility index (Phi) is 8.11. The number of aliphatic hydroxyl groups is 1. The van der Waals surface area contributed by atoms with Crippen molar-refractivity contribution < 1.29 is 28.9 Å². The number of amides is 1. The highest BCUT2D eigenvalue weighted by molar-refractivity contribution is 6.46. The summed E-state index contributed by atoms with van der Waals surface area (Å²) in [7, 11) is 1.59. The van der Waals surface area contributed by atoms with Crippen LogP contribution < -0.4 is 9.47 Å². The fraction of sp³-hybridized carbons (Fsp3) is 0.385. The summed E-state index contributed by atoms with van der Waals surface area (Å²) in [6, 6.07) is 13.3. The molecule has 2 aromatic carbocycles. The van der Waals surface area contributed by atoms with Gasteiger partial charge in [-0.3, -0.25) is 9.59 Å². The van der Waals surface area contributed by atoms with Gasteiger partial charge in [0, 0.05) is 25.8 Å². The first-order chi connectivity index (χ1) is 15.9. The molecule has 0 spiro atoms. The van der Waals surface area contributed by atoms with E-state index in [-0.39, 0.29) is 17.4 Å².